The Hall–Kier alpha value is -1.46. The van der Waals surface area contributed by atoms with Crippen LogP contribution in [-0.4, -0.2) is 31.2 Å². The van der Waals surface area contributed by atoms with E-state index in [1.54, 1.807) is 13.8 Å². The van der Waals surface area contributed by atoms with Crippen LogP contribution in [-0.2, 0) is 29.9 Å². The summed E-state index contributed by atoms with van der Waals surface area (Å²) in [4.78, 5) is 16.3. The van der Waals surface area contributed by atoms with Crippen LogP contribution in [0.4, 0.5) is 0 Å². The SMILES string of the molecule is CCOP(=O)(/C=C/CN(C=O)OCc1ccccc1)OCC. The Bertz CT molecular complexity index is 496. The minimum absolute atomic E-state index is 0.153. The normalized spacial score (nSPS) is 11.7. The van der Waals surface area contributed by atoms with Crippen molar-refractivity contribution in [2.75, 3.05) is 19.8 Å². The number of rotatable bonds is 11. The zero-order chi connectivity index (χ0) is 16.3. The molecular weight excluding hydrogens is 305 g/mol. The highest BCUT2D eigenvalue weighted by molar-refractivity contribution is 7.57. The lowest BCUT2D eigenvalue weighted by Crippen LogP contribution is -2.22. The molecule has 0 fully saturated rings. The standard InChI is InChI=1S/C15H22NO5P/c1-3-20-22(18,21-4-2)12-8-11-16(14-17)19-13-15-9-6-5-7-10-15/h5-10,12,14H,3-4,11,13H2,1-2H3/b12-8+. The fourth-order valence-corrected chi connectivity index (χ4v) is 2.94. The maximum atomic E-state index is 12.2. The van der Waals surface area contributed by atoms with Gasteiger partial charge >= 0.3 is 7.60 Å². The summed E-state index contributed by atoms with van der Waals surface area (Å²) in [6, 6.07) is 9.49. The van der Waals surface area contributed by atoms with Crippen molar-refractivity contribution in [3.63, 3.8) is 0 Å². The maximum Gasteiger partial charge on any atom is 0.353 e. The van der Waals surface area contributed by atoms with Gasteiger partial charge in [-0.2, -0.15) is 0 Å². The highest BCUT2D eigenvalue weighted by Crippen LogP contribution is 2.49. The van der Waals surface area contributed by atoms with Crippen molar-refractivity contribution in [2.24, 2.45) is 0 Å². The predicted molar refractivity (Wildman–Crippen MR) is 84.0 cm³/mol. The average Bonchev–Trinajstić information content (AvgIpc) is 2.52. The molecule has 0 aliphatic rings. The van der Waals surface area contributed by atoms with Gasteiger partial charge in [0.2, 0.25) is 6.41 Å². The highest BCUT2D eigenvalue weighted by Gasteiger charge is 2.18. The minimum Gasteiger partial charge on any atom is -0.306 e. The number of benzene rings is 1. The van der Waals surface area contributed by atoms with Crippen LogP contribution in [0.2, 0.25) is 0 Å². The summed E-state index contributed by atoms with van der Waals surface area (Å²) in [6.07, 6.45) is 2.10. The summed E-state index contributed by atoms with van der Waals surface area (Å²) >= 11 is 0. The van der Waals surface area contributed by atoms with Gasteiger partial charge in [0.15, 0.2) is 0 Å². The first-order valence-corrected chi connectivity index (χ1v) is 8.70. The molecule has 0 heterocycles. The lowest BCUT2D eigenvalue weighted by Gasteiger charge is -2.16. The van der Waals surface area contributed by atoms with Gasteiger partial charge < -0.3 is 9.05 Å². The van der Waals surface area contributed by atoms with Gasteiger partial charge in [-0.3, -0.25) is 14.2 Å². The molecule has 1 amide bonds. The predicted octanol–water partition coefficient (Wildman–Crippen LogP) is 3.36. The van der Waals surface area contributed by atoms with Crippen LogP contribution in [0, 0.1) is 0 Å². The van der Waals surface area contributed by atoms with Crippen molar-refractivity contribution in [2.45, 2.75) is 20.5 Å². The molecule has 7 heteroatoms. The molecule has 1 rings (SSSR count). The molecule has 1 aromatic carbocycles. The van der Waals surface area contributed by atoms with E-state index in [9.17, 15) is 9.36 Å². The molecule has 0 aliphatic carbocycles. The average molecular weight is 327 g/mol. The molecule has 6 nitrogen and oxygen atoms in total. The number of hydrogen-bond acceptors (Lipinski definition) is 5. The van der Waals surface area contributed by atoms with Crippen molar-refractivity contribution >= 4 is 14.0 Å². The lowest BCUT2D eigenvalue weighted by molar-refractivity contribution is -0.173. The van der Waals surface area contributed by atoms with E-state index in [0.29, 0.717) is 6.41 Å². The number of carbonyl (C=O) groups excluding carboxylic acids is 1. The molecule has 0 radical (unpaired) electrons. The summed E-state index contributed by atoms with van der Waals surface area (Å²) in [7, 11) is -3.24. The Kier molecular flexibility index (Phi) is 8.70. The van der Waals surface area contributed by atoms with E-state index >= 15 is 0 Å². The van der Waals surface area contributed by atoms with Crippen molar-refractivity contribution in [1.29, 1.82) is 0 Å². The second-order valence-corrected chi connectivity index (χ2v) is 6.12. The summed E-state index contributed by atoms with van der Waals surface area (Å²) in [5.41, 5.74) is 0.952. The maximum absolute atomic E-state index is 12.2. The van der Waals surface area contributed by atoms with E-state index in [4.69, 9.17) is 13.9 Å². The summed E-state index contributed by atoms with van der Waals surface area (Å²) in [5.74, 6) is 1.35. The molecule has 0 bridgehead atoms. The van der Waals surface area contributed by atoms with Crippen molar-refractivity contribution < 1.29 is 23.2 Å². The van der Waals surface area contributed by atoms with Gasteiger partial charge in [0, 0.05) is 5.82 Å². The Morgan fingerprint density at radius 3 is 2.32 bits per heavy atom. The third kappa shape index (κ3) is 7.00. The summed E-state index contributed by atoms with van der Waals surface area (Å²) in [6.45, 7) is 4.47. The topological polar surface area (TPSA) is 65.1 Å². The van der Waals surface area contributed by atoms with E-state index < -0.39 is 7.60 Å². The Labute approximate surface area is 131 Å². The smallest absolute Gasteiger partial charge is 0.306 e. The summed E-state index contributed by atoms with van der Waals surface area (Å²) in [5, 5.41) is 1.12. The van der Waals surface area contributed by atoms with Gasteiger partial charge in [0.25, 0.3) is 0 Å². The van der Waals surface area contributed by atoms with E-state index in [1.165, 1.54) is 11.9 Å². The number of hydroxylamine groups is 2. The molecule has 1 aromatic rings. The van der Waals surface area contributed by atoms with Gasteiger partial charge in [-0.25, -0.2) is 5.06 Å². The van der Waals surface area contributed by atoms with Crippen molar-refractivity contribution in [3.8, 4) is 0 Å². The first-order chi connectivity index (χ1) is 10.6. The Morgan fingerprint density at radius 2 is 1.77 bits per heavy atom. The van der Waals surface area contributed by atoms with Crippen LogP contribution in [0.15, 0.2) is 42.2 Å². The fourth-order valence-electron chi connectivity index (χ4n) is 1.62. The number of hydrogen-bond donors (Lipinski definition) is 0. The van der Waals surface area contributed by atoms with Gasteiger partial charge in [0.1, 0.15) is 6.61 Å². The van der Waals surface area contributed by atoms with Crippen molar-refractivity contribution in [1.82, 2.24) is 5.06 Å². The van der Waals surface area contributed by atoms with Crippen LogP contribution in [0.1, 0.15) is 19.4 Å². The molecule has 0 atom stereocenters. The Balaban J connectivity index is 2.49. The molecule has 0 saturated heterocycles. The lowest BCUT2D eigenvalue weighted by atomic mass is 10.2. The van der Waals surface area contributed by atoms with Crippen LogP contribution in [0.25, 0.3) is 0 Å². The number of carbonyl (C=O) groups is 1. The molecule has 0 aromatic heterocycles. The third-order valence-corrected chi connectivity index (χ3v) is 4.36. The molecule has 22 heavy (non-hydrogen) atoms. The van der Waals surface area contributed by atoms with Crippen molar-refractivity contribution in [3.05, 3.63) is 47.8 Å². The summed E-state index contributed by atoms with van der Waals surface area (Å²) < 4.78 is 22.4. The monoisotopic (exact) mass is 327 g/mol. The molecular formula is C15H22NO5P. The second kappa shape index (κ2) is 10.3. The first-order valence-electron chi connectivity index (χ1n) is 7.08. The minimum atomic E-state index is -3.24. The molecule has 0 spiro atoms. The van der Waals surface area contributed by atoms with E-state index in [0.717, 1.165) is 10.6 Å². The first kappa shape index (κ1) is 18.6. The molecule has 122 valence electrons. The molecule has 0 saturated carbocycles. The number of amides is 1. The molecule has 0 unspecified atom stereocenters. The van der Waals surface area contributed by atoms with E-state index in [2.05, 4.69) is 0 Å². The third-order valence-electron chi connectivity index (χ3n) is 2.55. The van der Waals surface area contributed by atoms with Gasteiger partial charge in [-0.15, -0.1) is 0 Å². The van der Waals surface area contributed by atoms with E-state index in [1.807, 2.05) is 30.3 Å². The molecule has 0 N–H and O–H groups in total. The Morgan fingerprint density at radius 1 is 1.14 bits per heavy atom. The van der Waals surface area contributed by atoms with Crippen LogP contribution in [0.3, 0.4) is 0 Å². The highest BCUT2D eigenvalue weighted by atomic mass is 31.2. The zero-order valence-electron chi connectivity index (χ0n) is 12.9. The molecule has 0 aliphatic heterocycles. The number of nitrogens with zero attached hydrogens (tertiary/aromatic N) is 1. The second-order valence-electron chi connectivity index (χ2n) is 4.22. The van der Waals surface area contributed by atoms with Crippen LogP contribution < -0.4 is 0 Å². The van der Waals surface area contributed by atoms with E-state index in [-0.39, 0.29) is 26.4 Å². The van der Waals surface area contributed by atoms with Gasteiger partial charge in [-0.1, -0.05) is 36.4 Å². The van der Waals surface area contributed by atoms with Gasteiger partial charge in [-0.05, 0) is 19.4 Å². The van der Waals surface area contributed by atoms with Crippen LogP contribution in [0.5, 0.6) is 0 Å². The van der Waals surface area contributed by atoms with Crippen LogP contribution >= 0.6 is 7.60 Å². The largest absolute Gasteiger partial charge is 0.353 e. The van der Waals surface area contributed by atoms with Gasteiger partial charge in [0.05, 0.1) is 19.8 Å². The zero-order valence-corrected chi connectivity index (χ0v) is 13.8. The fraction of sp³-hybridized carbons (Fsp3) is 0.400. The quantitative estimate of drug-likeness (QED) is 0.354.